The van der Waals surface area contributed by atoms with E-state index < -0.39 is 33.8 Å². The van der Waals surface area contributed by atoms with E-state index in [0.717, 1.165) is 12.5 Å². The van der Waals surface area contributed by atoms with Crippen LogP contribution in [-0.4, -0.2) is 46.2 Å². The molecule has 0 rings (SSSR count). The molecule has 0 aromatic carbocycles. The molecule has 0 aliphatic heterocycles. The number of hydrogen-bond acceptors (Lipinski definition) is 4. The van der Waals surface area contributed by atoms with Crippen molar-refractivity contribution < 1.29 is 17.1 Å². The number of nitrogens with one attached hydrogen (secondary N) is 1. The van der Waals surface area contributed by atoms with Crippen LogP contribution in [-0.2, 0) is 17.1 Å². The third kappa shape index (κ3) is 12.3. The van der Waals surface area contributed by atoms with Gasteiger partial charge in [0.2, 0.25) is 5.91 Å². The number of carbonyl (C=O) groups excluding carboxylic acids is 1. The van der Waals surface area contributed by atoms with Crippen molar-refractivity contribution in [3.8, 4) is 0 Å². The maximum absolute atomic E-state index is 11.3. The van der Waals surface area contributed by atoms with E-state index in [4.69, 9.17) is 12.3 Å². The second kappa shape index (κ2) is 9.06. The molecular weight excluding hydrogens is 371 g/mol. The highest BCUT2D eigenvalue weighted by Crippen LogP contribution is 2.29. The van der Waals surface area contributed by atoms with Crippen LogP contribution in [0.4, 0.5) is 0 Å². The van der Waals surface area contributed by atoms with Gasteiger partial charge < -0.3 is 17.7 Å². The molecule has 0 saturated heterocycles. The summed E-state index contributed by atoms with van der Waals surface area (Å²) in [6.07, 6.45) is 2.08. The summed E-state index contributed by atoms with van der Waals surface area (Å²) in [5.74, 6) is -0.148. The quantitative estimate of drug-likeness (QED) is 0.317. The van der Waals surface area contributed by atoms with Gasteiger partial charge in [-0.1, -0.05) is 6.58 Å². The van der Waals surface area contributed by atoms with Gasteiger partial charge in [-0.05, 0) is 71.4 Å². The van der Waals surface area contributed by atoms with Crippen LogP contribution in [0.25, 0.3) is 0 Å². The normalized spacial score (nSPS) is 13.7. The van der Waals surface area contributed by atoms with Gasteiger partial charge in [-0.25, -0.2) is 0 Å². The first-order valence-electron chi connectivity index (χ1n) is 8.58. The summed E-state index contributed by atoms with van der Waals surface area (Å²) in [6.45, 7) is 23.6. The zero-order valence-electron chi connectivity index (χ0n) is 17.0. The fraction of sp³-hybridized carbons (Fsp3) is 0.800. The minimum absolute atomic E-state index is 0.148. The van der Waals surface area contributed by atoms with Gasteiger partial charge in [-0.2, -0.15) is 0 Å². The number of carbonyl (C=O) groups is 1. The first-order valence-corrected chi connectivity index (χ1v) is 20.7. The van der Waals surface area contributed by atoms with E-state index in [1.54, 1.807) is 0 Å². The average molecular weight is 408 g/mol. The Balaban J connectivity index is 5.30. The van der Waals surface area contributed by atoms with Crippen LogP contribution < -0.4 is 5.32 Å². The molecule has 0 aromatic rings. The predicted molar refractivity (Wildman–Crippen MR) is 112 cm³/mol. The van der Waals surface area contributed by atoms with Gasteiger partial charge in [0.25, 0.3) is 0 Å². The lowest BCUT2D eigenvalue weighted by Gasteiger charge is -2.43. The summed E-state index contributed by atoms with van der Waals surface area (Å²) < 4.78 is 19.7. The summed E-state index contributed by atoms with van der Waals surface area (Å²) >= 11 is 0. The number of hydrogen-bond donors (Lipinski definition) is 1. The summed E-state index contributed by atoms with van der Waals surface area (Å²) in [7, 11) is -8.26. The van der Waals surface area contributed by atoms with Crippen molar-refractivity contribution in [3.05, 3.63) is 12.7 Å². The van der Waals surface area contributed by atoms with Crippen LogP contribution in [0.15, 0.2) is 12.7 Å². The van der Waals surface area contributed by atoms with Gasteiger partial charge in [0.1, 0.15) is 0 Å². The molecule has 1 amide bonds. The molecule has 9 heteroatoms. The Morgan fingerprint density at radius 2 is 1.25 bits per heavy atom. The molecule has 0 spiro atoms. The van der Waals surface area contributed by atoms with Crippen molar-refractivity contribution in [1.29, 1.82) is 0 Å². The molecule has 0 aliphatic rings. The lowest BCUT2D eigenvalue weighted by molar-refractivity contribution is -0.116. The second-order valence-electron chi connectivity index (χ2n) is 8.93. The molecule has 142 valence electrons. The monoisotopic (exact) mass is 407 g/mol. The van der Waals surface area contributed by atoms with Crippen molar-refractivity contribution in [1.82, 2.24) is 5.32 Å². The van der Waals surface area contributed by atoms with Gasteiger partial charge in [0, 0.05) is 12.6 Å². The van der Waals surface area contributed by atoms with Crippen LogP contribution >= 0.6 is 0 Å². The first kappa shape index (κ1) is 24.0. The Morgan fingerprint density at radius 3 is 1.54 bits per heavy atom. The third-order valence-corrected chi connectivity index (χ3v) is 14.6. The summed E-state index contributed by atoms with van der Waals surface area (Å²) in [6, 6.07) is 0.739. The second-order valence-corrected chi connectivity index (χ2v) is 25.9. The van der Waals surface area contributed by atoms with Crippen LogP contribution in [0.1, 0.15) is 6.42 Å². The molecule has 0 atom stereocenters. The van der Waals surface area contributed by atoms with Crippen molar-refractivity contribution >= 4 is 39.7 Å². The summed E-state index contributed by atoms with van der Waals surface area (Å²) in [4.78, 5) is 11.3. The minimum atomic E-state index is -2.78. The van der Waals surface area contributed by atoms with E-state index in [1.165, 1.54) is 6.08 Å². The Labute approximate surface area is 152 Å². The molecule has 24 heavy (non-hydrogen) atoms. The van der Waals surface area contributed by atoms with E-state index in [-0.39, 0.29) is 5.91 Å². The van der Waals surface area contributed by atoms with E-state index in [1.807, 2.05) is 0 Å². The summed E-state index contributed by atoms with van der Waals surface area (Å²) in [5.41, 5.74) is 0. The van der Waals surface area contributed by atoms with Gasteiger partial charge in [-0.15, -0.1) is 0 Å². The van der Waals surface area contributed by atoms with E-state index >= 15 is 0 Å². The molecule has 0 aliphatic carbocycles. The Morgan fingerprint density at radius 1 is 0.875 bits per heavy atom. The van der Waals surface area contributed by atoms with E-state index in [9.17, 15) is 4.79 Å². The third-order valence-electron chi connectivity index (χ3n) is 2.53. The molecule has 0 heterocycles. The maximum atomic E-state index is 11.3. The van der Waals surface area contributed by atoms with Gasteiger partial charge in [0.15, 0.2) is 25.0 Å². The van der Waals surface area contributed by atoms with Gasteiger partial charge in [-0.3, -0.25) is 4.79 Å². The van der Waals surface area contributed by atoms with Crippen LogP contribution in [0.5, 0.6) is 0 Å². The van der Waals surface area contributed by atoms with Crippen LogP contribution in [0.2, 0.25) is 65.0 Å². The van der Waals surface area contributed by atoms with Gasteiger partial charge >= 0.3 is 8.80 Å². The predicted octanol–water partition coefficient (Wildman–Crippen LogP) is 4.17. The average Bonchev–Trinajstić information content (AvgIpc) is 2.27. The highest BCUT2D eigenvalue weighted by atomic mass is 28.5. The van der Waals surface area contributed by atoms with Crippen molar-refractivity contribution in [2.24, 2.45) is 0 Å². The van der Waals surface area contributed by atoms with Crippen molar-refractivity contribution in [2.75, 3.05) is 6.54 Å². The fourth-order valence-electron chi connectivity index (χ4n) is 2.20. The molecule has 0 bridgehead atoms. The van der Waals surface area contributed by atoms with Gasteiger partial charge in [0.05, 0.1) is 0 Å². The Hall–Kier alpha value is -0.0425. The van der Waals surface area contributed by atoms with E-state index in [0.29, 0.717) is 6.54 Å². The molecule has 5 nitrogen and oxygen atoms in total. The SMILES string of the molecule is C=CC(=O)NCCC[Si](O[Si](C)(C)C)(O[Si](C)(C)C)O[Si](C)(C)C. The Bertz CT molecular complexity index is 384. The van der Waals surface area contributed by atoms with Crippen molar-refractivity contribution in [3.63, 3.8) is 0 Å². The molecular formula is C15H37NO4Si4. The molecule has 0 unspecified atom stereocenters. The Kier molecular flexibility index (Phi) is 9.04. The van der Waals surface area contributed by atoms with Crippen LogP contribution in [0, 0.1) is 0 Å². The molecule has 0 saturated carbocycles. The highest BCUT2D eigenvalue weighted by Gasteiger charge is 2.49. The lowest BCUT2D eigenvalue weighted by Crippen LogP contribution is -2.60. The highest BCUT2D eigenvalue weighted by molar-refractivity contribution is 6.90. The zero-order valence-corrected chi connectivity index (χ0v) is 21.0. The molecule has 0 aromatic heterocycles. The topological polar surface area (TPSA) is 56.8 Å². The standard InChI is InChI=1S/C15H37NO4Si4/c1-11-15(17)16-13-12-14-24(18-21(2,3)4,19-22(5,6)7)20-23(8,9)10/h11H,1,12-14H2,2-10H3,(H,16,17). The largest absolute Gasteiger partial charge is 0.469 e. The first-order chi connectivity index (χ1) is 10.6. The minimum Gasteiger partial charge on any atom is -0.417 e. The smallest absolute Gasteiger partial charge is 0.417 e. The zero-order chi connectivity index (χ0) is 19.2. The van der Waals surface area contributed by atoms with E-state index in [2.05, 4.69) is 70.8 Å². The summed E-state index contributed by atoms with van der Waals surface area (Å²) in [5, 5.41) is 2.83. The maximum Gasteiger partial charge on any atom is 0.469 e. The number of amides is 1. The molecule has 0 radical (unpaired) electrons. The van der Waals surface area contributed by atoms with Crippen molar-refractivity contribution in [2.45, 2.75) is 71.4 Å². The number of rotatable bonds is 11. The molecule has 0 fully saturated rings. The van der Waals surface area contributed by atoms with Crippen LogP contribution in [0.3, 0.4) is 0 Å². The lowest BCUT2D eigenvalue weighted by atomic mass is 10.4. The molecule has 1 N–H and O–H groups in total. The fourth-order valence-corrected chi connectivity index (χ4v) is 16.9.